The van der Waals surface area contributed by atoms with E-state index in [0.717, 1.165) is 192 Å². The molecule has 4 aliphatic carbocycles. The summed E-state index contributed by atoms with van der Waals surface area (Å²) < 4.78 is 88.6. The summed E-state index contributed by atoms with van der Waals surface area (Å²) in [7, 11) is 14.3. The van der Waals surface area contributed by atoms with Gasteiger partial charge in [-0.2, -0.15) is 20.4 Å². The molecule has 0 spiro atoms. The van der Waals surface area contributed by atoms with Gasteiger partial charge in [-0.1, -0.05) is 154 Å². The smallest absolute Gasteiger partial charge is 0.330 e. The summed E-state index contributed by atoms with van der Waals surface area (Å²) >= 11 is 0. The molecule has 150 heavy (non-hydrogen) atoms. The lowest BCUT2D eigenvalue weighted by Crippen LogP contribution is -2.41. The Hall–Kier alpha value is -16.1. The summed E-state index contributed by atoms with van der Waals surface area (Å²) in [6.07, 6.45) is 37.5. The molecule has 21 rings (SSSR count). The molecule has 16 aromatic rings. The molecule has 0 N–H and O–H groups in total. The fourth-order valence-electron chi connectivity index (χ4n) is 22.3. The van der Waals surface area contributed by atoms with Gasteiger partial charge < -0.3 is 43.4 Å². The number of likely N-dealkylation sites (tertiary alicyclic amines) is 1. The first kappa shape index (κ1) is 104. The molecule has 5 aromatic heterocycles. The van der Waals surface area contributed by atoms with Crippen LogP contribution in [0.4, 0.5) is 40.3 Å². The second kappa shape index (κ2) is 46.5. The van der Waals surface area contributed by atoms with Gasteiger partial charge in [0.15, 0.2) is 23.3 Å². The highest BCUT2D eigenvalue weighted by Crippen LogP contribution is 2.50. The van der Waals surface area contributed by atoms with Crippen LogP contribution in [0.1, 0.15) is 147 Å². The minimum absolute atomic E-state index is 0.00891. The average Bonchev–Trinajstić information content (AvgIpc) is 1.55. The van der Waals surface area contributed by atoms with Crippen molar-refractivity contribution in [2.24, 2.45) is 63.7 Å². The molecule has 5 fully saturated rings. The molecule has 0 radical (unpaired) electrons. The Morgan fingerprint density at radius 3 is 0.933 bits per heavy atom. The summed E-state index contributed by atoms with van der Waals surface area (Å²) in [6, 6.07) is 54.7. The fraction of sp³-hybridized carbons (Fsp3) is 0.308. The maximum absolute atomic E-state index is 16.0. The quantitative estimate of drug-likeness (QED) is 0.0235. The average molecular weight is 2030 g/mol. The summed E-state index contributed by atoms with van der Waals surface area (Å²) in [6.45, 7) is 2.60. The van der Waals surface area contributed by atoms with Gasteiger partial charge in [-0.25, -0.2) is 36.7 Å². The standard InChI is InChI=1S/C31H30FN3O3.C30H31FN4O3.C30H30FN3O3.C29H29FN4O3/c1-34-30-24(17-33-34)16-22-6-4-7-23(28(22)29(30)32)18-35(31(37)26-15-20-9-11-21(26)13-20)25-8-3-5-19(14-25)10-12-27(36)38-2;1-33-14-12-21(13-15-33)30(37)35(25-9-4-6-20(16-25)10-11-26(36)38-3)19-23-8-5-7-22-17-24-18-32-34(2)29(24)28(31)27(22)23;1-33-29-24(18-32-33)17-22-11-7-12-23(27(22)28(29)31)19-34(30(36)21-9-4-3-5-10-21)25-13-6-8-20(16-25)14-15-26(35)37-2;1-33-28-23(16-32-33)14-21-9-6-10-22(26(21)27(28)30)18-34(29(36)20-7-4-3-5-8-20)24-13-19(15-31-17-24)11-12-25(35)37-2/h3-8,10,12,14,16-17,20-21,26H,9,11,13,15,18H2,1-2H3;4-11,16-18,21H,12-15,19H2,1-3H3;6-8,11-18,21H,3-5,9-10,19H2,1-2H3;6,9-17,20H,3-5,7-8,18H2,1-2H3/b12-10+;11-10+;15-14+;12-11+/t20-,21+,26?;;;/m0.../s1. The van der Waals surface area contributed by atoms with Gasteiger partial charge in [-0.15, -0.1) is 0 Å². The van der Waals surface area contributed by atoms with E-state index in [1.165, 1.54) is 63.8 Å². The lowest BCUT2D eigenvalue weighted by Gasteiger charge is -2.33. The Labute approximate surface area is 866 Å². The largest absolute Gasteiger partial charge is 0.466 e. The highest BCUT2D eigenvalue weighted by Gasteiger charge is 2.45. The number of halogens is 4. The van der Waals surface area contributed by atoms with E-state index in [9.17, 15) is 38.4 Å². The number of aromatic nitrogens is 9. The second-order valence-electron chi connectivity index (χ2n) is 39.6. The number of fused-ring (bicyclic) bond motifs is 10. The number of esters is 4. The number of pyridine rings is 1. The lowest BCUT2D eigenvalue weighted by atomic mass is 9.87. The van der Waals surface area contributed by atoms with Gasteiger partial charge in [0.05, 0.1) is 91.3 Å². The van der Waals surface area contributed by atoms with E-state index >= 15 is 17.6 Å². The van der Waals surface area contributed by atoms with Crippen LogP contribution in [0.3, 0.4) is 0 Å². The van der Waals surface area contributed by atoms with Crippen LogP contribution in [-0.4, -0.2) is 145 Å². The van der Waals surface area contributed by atoms with Crippen molar-refractivity contribution >= 4 is 181 Å². The van der Waals surface area contributed by atoms with Crippen LogP contribution in [-0.2, 0) is 112 Å². The van der Waals surface area contributed by atoms with Gasteiger partial charge in [-0.3, -0.25) is 42.9 Å². The molecule has 30 heteroatoms. The third kappa shape index (κ3) is 22.8. The van der Waals surface area contributed by atoms with Crippen molar-refractivity contribution in [1.29, 1.82) is 0 Å². The van der Waals surface area contributed by atoms with Gasteiger partial charge in [0.1, 0.15) is 22.1 Å². The lowest BCUT2D eigenvalue weighted by molar-refractivity contribution is -0.135. The molecule has 1 aliphatic heterocycles. The Morgan fingerprint density at radius 2 is 0.620 bits per heavy atom. The molecule has 1 saturated heterocycles. The number of ether oxygens (including phenoxy) is 4. The number of hydrogen-bond acceptors (Lipinski definition) is 18. The van der Waals surface area contributed by atoms with E-state index in [0.29, 0.717) is 83.6 Å². The zero-order chi connectivity index (χ0) is 105. The van der Waals surface area contributed by atoms with Gasteiger partial charge in [0.2, 0.25) is 23.6 Å². The minimum atomic E-state index is -0.478. The monoisotopic (exact) mass is 2020 g/mol. The number of amides is 4. The van der Waals surface area contributed by atoms with Gasteiger partial charge >= 0.3 is 23.9 Å². The van der Waals surface area contributed by atoms with Crippen molar-refractivity contribution in [3.63, 3.8) is 0 Å². The molecule has 4 amide bonds. The topological polar surface area (TPSA) is 274 Å². The molecular weight excluding hydrogens is 1910 g/mol. The minimum Gasteiger partial charge on any atom is -0.466 e. The van der Waals surface area contributed by atoms with Crippen LogP contribution < -0.4 is 19.6 Å². The van der Waals surface area contributed by atoms with E-state index in [-0.39, 0.29) is 96.7 Å². The SMILES string of the molecule is COC(=O)/C=C/c1cccc(N(Cc2cccc3cc4cnn(C)c4c(F)c23)C(=O)C2CCCCC2)c1.COC(=O)/C=C/c1cccc(N(Cc2cccc3cc4cnn(C)c4c(F)c23)C(=O)C2CCN(C)CC2)c1.COC(=O)/C=C/c1cccc(N(Cc2cccc3cc4cnn(C)c4c(F)c23)C(=O)C2C[C@H]3CC[C@@H]2C3)c1.COC(=O)/C=C/c1cncc(N(Cc2cccc3cc4cnn(C)c4c(F)c23)C(=O)C2CCCCC2)c1. The van der Waals surface area contributed by atoms with Crippen molar-refractivity contribution in [1.82, 2.24) is 49.0 Å². The molecular formula is C120H120F4N14O12. The van der Waals surface area contributed by atoms with E-state index in [1.807, 2.05) is 181 Å². The van der Waals surface area contributed by atoms with E-state index in [2.05, 4.69) is 42.1 Å². The highest BCUT2D eigenvalue weighted by molar-refractivity contribution is 6.07. The maximum atomic E-state index is 16.0. The van der Waals surface area contributed by atoms with Crippen molar-refractivity contribution < 1.29 is 74.9 Å². The third-order valence-electron chi connectivity index (χ3n) is 30.0. The second-order valence-corrected chi connectivity index (χ2v) is 39.6. The number of piperidine rings is 1. The summed E-state index contributed by atoms with van der Waals surface area (Å²) in [5.41, 5.74) is 10.4. The number of carbonyl (C=O) groups excluding carboxylic acids is 8. The molecule has 3 atom stereocenters. The number of nitrogens with zero attached hydrogens (tertiary/aromatic N) is 14. The highest BCUT2D eigenvalue weighted by atomic mass is 19.1. The summed E-state index contributed by atoms with van der Waals surface area (Å²) in [5.74, 6) is -2.27. The van der Waals surface area contributed by atoms with E-state index < -0.39 is 23.9 Å². The number of aryl methyl sites for hydroxylation is 4. The third-order valence-corrected chi connectivity index (χ3v) is 30.0. The molecule has 26 nitrogen and oxygen atoms in total. The van der Waals surface area contributed by atoms with Gasteiger partial charge in [0.25, 0.3) is 0 Å². The van der Waals surface area contributed by atoms with Crippen molar-refractivity contribution in [2.75, 3.05) is 68.2 Å². The number of benzene rings is 11. The Kier molecular flexibility index (Phi) is 32.2. The normalized spacial score (nSPS) is 16.1. The van der Waals surface area contributed by atoms with Crippen molar-refractivity contribution in [3.05, 3.63) is 305 Å². The maximum Gasteiger partial charge on any atom is 0.330 e. The van der Waals surface area contributed by atoms with Crippen molar-refractivity contribution in [3.8, 4) is 0 Å². The number of rotatable bonds is 24. The van der Waals surface area contributed by atoms with E-state index in [4.69, 9.17) is 14.2 Å². The molecule has 2 bridgehead atoms. The molecule has 4 saturated carbocycles. The zero-order valence-electron chi connectivity index (χ0n) is 85.5. The molecule has 770 valence electrons. The molecule has 1 unspecified atom stereocenters. The molecule has 11 aromatic carbocycles. The Morgan fingerprint density at radius 1 is 0.320 bits per heavy atom. The fourth-order valence-corrected chi connectivity index (χ4v) is 22.3. The van der Waals surface area contributed by atoms with E-state index in [1.54, 1.807) is 118 Å². The molecule has 5 aliphatic rings. The molecule has 6 heterocycles. The summed E-state index contributed by atoms with van der Waals surface area (Å²) in [5, 5.41) is 24.9. The van der Waals surface area contributed by atoms with Crippen LogP contribution in [0.5, 0.6) is 0 Å². The van der Waals surface area contributed by atoms with Crippen LogP contribution in [0.2, 0.25) is 0 Å². The van der Waals surface area contributed by atoms with Crippen LogP contribution in [0.25, 0.3) is 111 Å². The Balaban J connectivity index is 0.000000130. The summed E-state index contributed by atoms with van der Waals surface area (Å²) in [4.78, 5) is 116. The van der Waals surface area contributed by atoms with Gasteiger partial charge in [-0.05, 0) is 247 Å². The zero-order valence-corrected chi connectivity index (χ0v) is 85.5. The van der Waals surface area contributed by atoms with Gasteiger partial charge in [0, 0.05) is 143 Å². The van der Waals surface area contributed by atoms with Crippen molar-refractivity contribution in [2.45, 2.75) is 129 Å². The van der Waals surface area contributed by atoms with Crippen LogP contribution in [0, 0.1) is 58.8 Å². The Bertz CT molecular complexity index is 7750. The predicted octanol–water partition coefficient (Wildman–Crippen LogP) is 22.7. The van der Waals surface area contributed by atoms with Crippen LogP contribution in [0.15, 0.2) is 237 Å². The number of hydrogen-bond donors (Lipinski definition) is 0. The predicted molar refractivity (Wildman–Crippen MR) is 578 cm³/mol. The first-order valence-electron chi connectivity index (χ1n) is 51.0. The van der Waals surface area contributed by atoms with Crippen LogP contribution >= 0.6 is 0 Å². The first-order chi connectivity index (χ1) is 72.7. The number of methoxy groups -OCH3 is 4. The number of carbonyl (C=O) groups is 8. The first-order valence-corrected chi connectivity index (χ1v) is 51.0. The number of anilines is 4.